The monoisotopic (exact) mass is 442 g/mol. The van der Waals surface area contributed by atoms with Gasteiger partial charge in [0.25, 0.3) is 5.91 Å². The number of aromatic nitrogens is 2. The molecular formula is C26H26N4O3. The highest BCUT2D eigenvalue weighted by Gasteiger charge is 2.12. The molecule has 5 rings (SSSR count). The summed E-state index contributed by atoms with van der Waals surface area (Å²) in [6, 6.07) is 21.0. The molecule has 2 aromatic heterocycles. The van der Waals surface area contributed by atoms with Crippen LogP contribution in [-0.2, 0) is 17.9 Å². The number of hydrogen-bond donors (Lipinski definition) is 1. The third-order valence-corrected chi connectivity index (χ3v) is 5.62. The number of fused-ring (bicyclic) bond motifs is 1. The number of imidazole rings is 1. The van der Waals surface area contributed by atoms with Crippen LogP contribution in [0, 0.1) is 0 Å². The molecule has 1 aliphatic rings. The van der Waals surface area contributed by atoms with Crippen molar-refractivity contribution >= 4 is 17.2 Å². The fourth-order valence-electron chi connectivity index (χ4n) is 3.86. The van der Waals surface area contributed by atoms with E-state index >= 15 is 0 Å². The predicted octanol–water partition coefficient (Wildman–Crippen LogP) is 4.00. The minimum atomic E-state index is -0.172. The predicted molar refractivity (Wildman–Crippen MR) is 126 cm³/mol. The summed E-state index contributed by atoms with van der Waals surface area (Å²) in [5.41, 5.74) is 4.23. The molecule has 1 aliphatic heterocycles. The van der Waals surface area contributed by atoms with Crippen molar-refractivity contribution in [2.24, 2.45) is 0 Å². The number of benzene rings is 2. The van der Waals surface area contributed by atoms with E-state index in [0.29, 0.717) is 17.9 Å². The van der Waals surface area contributed by atoms with Crippen LogP contribution >= 0.6 is 0 Å². The van der Waals surface area contributed by atoms with E-state index in [-0.39, 0.29) is 5.91 Å². The van der Waals surface area contributed by atoms with Gasteiger partial charge in [-0.25, -0.2) is 4.98 Å². The van der Waals surface area contributed by atoms with Gasteiger partial charge in [-0.3, -0.25) is 9.69 Å². The fraction of sp³-hybridized carbons (Fsp3) is 0.231. The van der Waals surface area contributed by atoms with E-state index in [9.17, 15) is 4.79 Å². The number of carbonyl (C=O) groups is 1. The molecule has 1 amide bonds. The van der Waals surface area contributed by atoms with Crippen LogP contribution in [-0.4, -0.2) is 46.5 Å². The van der Waals surface area contributed by atoms with E-state index in [1.807, 2.05) is 59.3 Å². The summed E-state index contributed by atoms with van der Waals surface area (Å²) < 4.78 is 13.2. The van der Waals surface area contributed by atoms with E-state index in [4.69, 9.17) is 9.47 Å². The SMILES string of the molecule is O=C(Nc1ccc(CN2CCOCC2)cc1)c1cccc(OCc2cn3ccccc3n2)c1. The zero-order valence-electron chi connectivity index (χ0n) is 18.3. The van der Waals surface area contributed by atoms with Crippen LogP contribution in [0.15, 0.2) is 79.1 Å². The molecule has 168 valence electrons. The molecule has 0 bridgehead atoms. The summed E-state index contributed by atoms with van der Waals surface area (Å²) in [6.45, 7) is 4.70. The lowest BCUT2D eigenvalue weighted by Crippen LogP contribution is -2.35. The molecule has 1 fully saturated rings. The molecule has 0 saturated carbocycles. The average Bonchev–Trinajstić information content (AvgIpc) is 3.28. The number of amides is 1. The molecule has 2 aromatic carbocycles. The molecule has 33 heavy (non-hydrogen) atoms. The molecule has 3 heterocycles. The number of nitrogens with zero attached hydrogens (tertiary/aromatic N) is 3. The maximum absolute atomic E-state index is 12.8. The van der Waals surface area contributed by atoms with E-state index in [2.05, 4.69) is 27.3 Å². The highest BCUT2D eigenvalue weighted by atomic mass is 16.5. The van der Waals surface area contributed by atoms with Crippen LogP contribution < -0.4 is 10.1 Å². The number of carbonyl (C=O) groups excluding carboxylic acids is 1. The van der Waals surface area contributed by atoms with Gasteiger partial charge in [-0.2, -0.15) is 0 Å². The van der Waals surface area contributed by atoms with Crippen LogP contribution in [0.4, 0.5) is 5.69 Å². The minimum Gasteiger partial charge on any atom is -0.487 e. The maximum atomic E-state index is 12.8. The molecule has 1 N–H and O–H groups in total. The fourth-order valence-corrected chi connectivity index (χ4v) is 3.86. The highest BCUT2D eigenvalue weighted by Crippen LogP contribution is 2.18. The third kappa shape index (κ3) is 5.39. The Morgan fingerprint density at radius 1 is 1.03 bits per heavy atom. The first kappa shape index (κ1) is 21.2. The summed E-state index contributed by atoms with van der Waals surface area (Å²) in [4.78, 5) is 19.7. The van der Waals surface area contributed by atoms with Crippen LogP contribution in [0.2, 0.25) is 0 Å². The van der Waals surface area contributed by atoms with Gasteiger partial charge in [-0.15, -0.1) is 0 Å². The average molecular weight is 443 g/mol. The summed E-state index contributed by atoms with van der Waals surface area (Å²) in [7, 11) is 0. The number of rotatable bonds is 7. The van der Waals surface area contributed by atoms with Crippen molar-refractivity contribution < 1.29 is 14.3 Å². The van der Waals surface area contributed by atoms with Gasteiger partial charge in [0.1, 0.15) is 18.0 Å². The Hall–Kier alpha value is -3.68. The van der Waals surface area contributed by atoms with E-state index in [1.54, 1.807) is 12.1 Å². The van der Waals surface area contributed by atoms with Gasteiger partial charge in [-0.05, 0) is 48.0 Å². The van der Waals surface area contributed by atoms with E-state index in [0.717, 1.165) is 49.9 Å². The number of hydrogen-bond acceptors (Lipinski definition) is 5. The van der Waals surface area contributed by atoms with Crippen LogP contribution in [0.3, 0.4) is 0 Å². The Morgan fingerprint density at radius 2 is 1.88 bits per heavy atom. The van der Waals surface area contributed by atoms with E-state index < -0.39 is 0 Å². The van der Waals surface area contributed by atoms with Crippen molar-refractivity contribution in [2.45, 2.75) is 13.2 Å². The molecule has 1 saturated heterocycles. The van der Waals surface area contributed by atoms with Crippen molar-refractivity contribution in [3.63, 3.8) is 0 Å². The molecule has 0 unspecified atom stereocenters. The Kier molecular flexibility index (Phi) is 6.32. The molecule has 0 spiro atoms. The first-order valence-corrected chi connectivity index (χ1v) is 11.1. The second kappa shape index (κ2) is 9.85. The summed E-state index contributed by atoms with van der Waals surface area (Å²) >= 11 is 0. The molecule has 0 atom stereocenters. The first-order chi connectivity index (χ1) is 16.2. The Morgan fingerprint density at radius 3 is 2.70 bits per heavy atom. The molecule has 7 nitrogen and oxygen atoms in total. The molecule has 0 radical (unpaired) electrons. The Labute approximate surface area is 192 Å². The third-order valence-electron chi connectivity index (χ3n) is 5.62. The van der Waals surface area contributed by atoms with Crippen LogP contribution in [0.5, 0.6) is 5.75 Å². The number of pyridine rings is 1. The number of anilines is 1. The lowest BCUT2D eigenvalue weighted by atomic mass is 10.1. The number of ether oxygens (including phenoxy) is 2. The van der Waals surface area contributed by atoms with Crippen molar-refractivity contribution in [3.8, 4) is 5.75 Å². The zero-order chi connectivity index (χ0) is 22.5. The summed E-state index contributed by atoms with van der Waals surface area (Å²) in [5.74, 6) is 0.453. The summed E-state index contributed by atoms with van der Waals surface area (Å²) in [6.07, 6.45) is 3.89. The Bertz CT molecular complexity index is 1200. The van der Waals surface area contributed by atoms with Crippen molar-refractivity contribution in [3.05, 3.63) is 95.9 Å². The van der Waals surface area contributed by atoms with Gasteiger partial charge in [0.05, 0.1) is 18.9 Å². The molecular weight excluding hydrogens is 416 g/mol. The van der Waals surface area contributed by atoms with Gasteiger partial charge in [0.15, 0.2) is 0 Å². The van der Waals surface area contributed by atoms with Crippen molar-refractivity contribution in [2.75, 3.05) is 31.6 Å². The quantitative estimate of drug-likeness (QED) is 0.469. The summed E-state index contributed by atoms with van der Waals surface area (Å²) in [5, 5.41) is 2.96. The van der Waals surface area contributed by atoms with Gasteiger partial charge < -0.3 is 19.2 Å². The highest BCUT2D eigenvalue weighted by molar-refractivity contribution is 6.04. The second-order valence-electron chi connectivity index (χ2n) is 8.05. The molecule has 0 aliphatic carbocycles. The van der Waals surface area contributed by atoms with Crippen LogP contribution in [0.1, 0.15) is 21.6 Å². The normalized spacial score (nSPS) is 14.3. The van der Waals surface area contributed by atoms with Gasteiger partial charge in [0, 0.05) is 43.3 Å². The lowest BCUT2D eigenvalue weighted by molar-refractivity contribution is 0.0342. The minimum absolute atomic E-state index is 0.172. The largest absolute Gasteiger partial charge is 0.487 e. The molecule has 7 heteroatoms. The lowest BCUT2D eigenvalue weighted by Gasteiger charge is -2.26. The number of morpholine rings is 1. The zero-order valence-corrected chi connectivity index (χ0v) is 18.3. The van der Waals surface area contributed by atoms with Crippen molar-refractivity contribution in [1.82, 2.24) is 14.3 Å². The Balaban J connectivity index is 1.18. The van der Waals surface area contributed by atoms with Gasteiger partial charge >= 0.3 is 0 Å². The van der Waals surface area contributed by atoms with Crippen molar-refractivity contribution in [1.29, 1.82) is 0 Å². The van der Waals surface area contributed by atoms with E-state index in [1.165, 1.54) is 5.56 Å². The van der Waals surface area contributed by atoms with Gasteiger partial charge in [-0.1, -0.05) is 24.3 Å². The topological polar surface area (TPSA) is 68.1 Å². The second-order valence-corrected chi connectivity index (χ2v) is 8.05. The van der Waals surface area contributed by atoms with Gasteiger partial charge in [0.2, 0.25) is 0 Å². The van der Waals surface area contributed by atoms with Crippen LogP contribution in [0.25, 0.3) is 5.65 Å². The number of nitrogens with one attached hydrogen (secondary N) is 1. The maximum Gasteiger partial charge on any atom is 0.255 e. The first-order valence-electron chi connectivity index (χ1n) is 11.1. The standard InChI is InChI=1S/C26H26N4O3/c31-26(28-22-9-7-20(8-10-22)17-29-12-14-32-15-13-29)21-4-3-5-24(16-21)33-19-23-18-30-11-2-1-6-25(30)27-23/h1-11,16,18H,12-15,17,19H2,(H,28,31). The smallest absolute Gasteiger partial charge is 0.255 e. The molecule has 4 aromatic rings.